The van der Waals surface area contributed by atoms with E-state index in [4.69, 9.17) is 0 Å². The van der Waals surface area contributed by atoms with Crippen LogP contribution in [0.4, 0.5) is 5.69 Å². The Kier molecular flexibility index (Phi) is 13.9. The van der Waals surface area contributed by atoms with Crippen molar-refractivity contribution in [2.75, 3.05) is 5.32 Å². The number of carbonyl (C=O) groups excluding carboxylic acids is 1. The van der Waals surface area contributed by atoms with Gasteiger partial charge < -0.3 is 25.0 Å². The van der Waals surface area contributed by atoms with E-state index in [1.54, 1.807) is 30.3 Å². The molecule has 0 aliphatic heterocycles. The molecule has 0 saturated carbocycles. The van der Waals surface area contributed by atoms with Gasteiger partial charge in [-0.15, -0.1) is 0 Å². The summed E-state index contributed by atoms with van der Waals surface area (Å²) in [4.78, 5) is 29.6. The van der Waals surface area contributed by atoms with Crippen molar-refractivity contribution in [2.24, 2.45) is 0 Å². The molecule has 0 fully saturated rings. The molecule has 110 valence electrons. The smallest absolute Gasteiger partial charge is 0.545 e. The van der Waals surface area contributed by atoms with E-state index in [1.165, 1.54) is 24.3 Å². The summed E-state index contributed by atoms with van der Waals surface area (Å²) in [5.74, 6) is -2.51. The molecule has 2 aromatic rings. The van der Waals surface area contributed by atoms with Gasteiger partial charge in [-0.3, -0.25) is 4.57 Å². The number of nitrogens with one attached hydrogen (secondary N) is 1. The van der Waals surface area contributed by atoms with Crippen LogP contribution in [0.1, 0.15) is 21.7 Å². The zero-order chi connectivity index (χ0) is 15.5. The van der Waals surface area contributed by atoms with Gasteiger partial charge in [0.05, 0.1) is 5.97 Å². The first-order valence-corrected chi connectivity index (χ1v) is 7.74. The first kappa shape index (κ1) is 27.1. The molecule has 0 heterocycles. The Hall–Kier alpha value is 0.860. The SMILES string of the molecule is O=C([O-])c1ccc(NC(c2ccccc2)P(=O)(O)O)cc1.[Na+].[Na+].[Na+]. The number of anilines is 1. The molecule has 1 unspecified atom stereocenters. The maximum atomic E-state index is 11.6. The summed E-state index contributed by atoms with van der Waals surface area (Å²) in [7, 11) is -4.43. The normalized spacial score (nSPS) is 11.1. The minimum atomic E-state index is -4.43. The maximum Gasteiger partial charge on any atom is 1.00 e. The van der Waals surface area contributed by atoms with Crippen molar-refractivity contribution >= 4 is 19.3 Å². The van der Waals surface area contributed by atoms with E-state index in [0.717, 1.165) is 0 Å². The van der Waals surface area contributed by atoms with Crippen LogP contribution in [0.3, 0.4) is 0 Å². The number of aromatic carboxylic acids is 1. The second-order valence-corrected chi connectivity index (χ2v) is 6.11. The van der Waals surface area contributed by atoms with Crippen LogP contribution < -0.4 is 99.1 Å². The van der Waals surface area contributed by atoms with E-state index < -0.39 is 19.3 Å². The van der Waals surface area contributed by atoms with Crippen LogP contribution >= 0.6 is 7.60 Å². The second kappa shape index (κ2) is 12.3. The number of hydrogen-bond donors (Lipinski definition) is 3. The van der Waals surface area contributed by atoms with Crippen LogP contribution in [-0.2, 0) is 4.57 Å². The molecule has 6 nitrogen and oxygen atoms in total. The number of hydrogen-bond acceptors (Lipinski definition) is 4. The van der Waals surface area contributed by atoms with E-state index in [0.29, 0.717) is 11.3 Å². The molecule has 0 bridgehead atoms. The molecule has 0 saturated heterocycles. The summed E-state index contributed by atoms with van der Waals surface area (Å²) in [6, 6.07) is 13.8. The minimum Gasteiger partial charge on any atom is -0.545 e. The number of rotatable bonds is 5. The summed E-state index contributed by atoms with van der Waals surface area (Å²) in [6.45, 7) is 0. The fourth-order valence-corrected chi connectivity index (χ4v) is 2.74. The number of carboxylic acid groups (broad SMARTS) is 1. The molecular formula is C14H13NNa3O5P+2. The first-order valence-electron chi connectivity index (χ1n) is 6.06. The van der Waals surface area contributed by atoms with Crippen molar-refractivity contribution in [3.05, 3.63) is 65.7 Å². The zero-order valence-corrected chi connectivity index (χ0v) is 20.7. The fourth-order valence-electron chi connectivity index (χ4n) is 1.86. The Morgan fingerprint density at radius 2 is 1.46 bits per heavy atom. The van der Waals surface area contributed by atoms with Gasteiger partial charge in [-0.25, -0.2) is 0 Å². The molecule has 24 heavy (non-hydrogen) atoms. The maximum absolute atomic E-state index is 11.6. The van der Waals surface area contributed by atoms with Crippen LogP contribution in [0.15, 0.2) is 54.6 Å². The standard InChI is InChI=1S/C14H14NO5P.3Na/c16-14(17)11-6-8-12(9-7-11)15-13(21(18,19)20)10-4-2-1-3-5-10;;;/h1-9,13,15H,(H,16,17)(H2,18,19,20);;;/q;3*+1/p-1. The summed E-state index contributed by atoms with van der Waals surface area (Å²) >= 11 is 0. The number of carboxylic acids is 1. The van der Waals surface area contributed by atoms with E-state index in [1.807, 2.05) is 0 Å². The summed E-state index contributed by atoms with van der Waals surface area (Å²) < 4.78 is 11.6. The molecule has 0 aliphatic carbocycles. The summed E-state index contributed by atoms with van der Waals surface area (Å²) in [5.41, 5.74) is 0.833. The van der Waals surface area contributed by atoms with Gasteiger partial charge in [-0.05, 0) is 23.3 Å². The third kappa shape index (κ3) is 8.04. The monoisotopic (exact) mass is 375 g/mol. The average molecular weight is 375 g/mol. The van der Waals surface area contributed by atoms with Crippen LogP contribution in [0.25, 0.3) is 0 Å². The van der Waals surface area contributed by atoms with E-state index in [2.05, 4.69) is 5.32 Å². The quantitative estimate of drug-likeness (QED) is 0.354. The summed E-state index contributed by atoms with van der Waals surface area (Å²) in [6.07, 6.45) is 0. The predicted molar refractivity (Wildman–Crippen MR) is 75.6 cm³/mol. The first-order chi connectivity index (χ1) is 9.88. The molecule has 2 aromatic carbocycles. The van der Waals surface area contributed by atoms with Crippen molar-refractivity contribution in [3.8, 4) is 0 Å². The fraction of sp³-hybridized carbons (Fsp3) is 0.0714. The Balaban J connectivity index is 0. The number of benzene rings is 2. The van der Waals surface area contributed by atoms with Crippen LogP contribution in [0, 0.1) is 0 Å². The predicted octanol–water partition coefficient (Wildman–Crippen LogP) is -7.65. The number of carbonyl (C=O) groups is 1. The van der Waals surface area contributed by atoms with Gasteiger partial charge in [-0.2, -0.15) is 0 Å². The van der Waals surface area contributed by atoms with Gasteiger partial charge in [-0.1, -0.05) is 42.5 Å². The zero-order valence-electron chi connectivity index (χ0n) is 13.8. The van der Waals surface area contributed by atoms with Crippen LogP contribution in [0.2, 0.25) is 0 Å². The van der Waals surface area contributed by atoms with E-state index >= 15 is 0 Å². The Morgan fingerprint density at radius 1 is 0.958 bits per heavy atom. The summed E-state index contributed by atoms with van der Waals surface area (Å²) in [5, 5.41) is 13.4. The molecule has 2 rings (SSSR count). The van der Waals surface area contributed by atoms with Crippen molar-refractivity contribution in [2.45, 2.75) is 5.78 Å². The second-order valence-electron chi connectivity index (χ2n) is 4.41. The molecule has 1 atom stereocenters. The van der Waals surface area contributed by atoms with Crippen molar-refractivity contribution in [1.82, 2.24) is 0 Å². The average Bonchev–Trinajstić information content (AvgIpc) is 2.45. The Bertz CT molecular complexity index is 679. The molecule has 0 amide bonds. The van der Waals surface area contributed by atoms with Crippen molar-refractivity contribution in [1.29, 1.82) is 0 Å². The Morgan fingerprint density at radius 3 is 1.88 bits per heavy atom. The molecule has 3 N–H and O–H groups in total. The minimum absolute atomic E-state index is 0. The third-order valence-electron chi connectivity index (χ3n) is 2.88. The van der Waals surface area contributed by atoms with Gasteiger partial charge in [0.1, 0.15) is 0 Å². The molecule has 0 aromatic heterocycles. The molecule has 0 spiro atoms. The topological polar surface area (TPSA) is 110 Å². The molecule has 10 heteroatoms. The van der Waals surface area contributed by atoms with Crippen LogP contribution in [0.5, 0.6) is 0 Å². The molecule has 0 aliphatic rings. The molecule has 0 radical (unpaired) electrons. The van der Waals surface area contributed by atoms with Gasteiger partial charge in [0, 0.05) is 5.69 Å². The third-order valence-corrected chi connectivity index (χ3v) is 3.98. The van der Waals surface area contributed by atoms with Crippen molar-refractivity contribution in [3.63, 3.8) is 0 Å². The van der Waals surface area contributed by atoms with Gasteiger partial charge >= 0.3 is 96.3 Å². The van der Waals surface area contributed by atoms with Crippen molar-refractivity contribution < 1.29 is 113 Å². The van der Waals surface area contributed by atoms with E-state index in [9.17, 15) is 24.3 Å². The van der Waals surface area contributed by atoms with Gasteiger partial charge in [0.25, 0.3) is 0 Å². The largest absolute Gasteiger partial charge is 1.00 e. The van der Waals surface area contributed by atoms with Crippen LogP contribution in [-0.4, -0.2) is 15.8 Å². The van der Waals surface area contributed by atoms with Gasteiger partial charge in [0.15, 0.2) is 5.78 Å². The molecular weight excluding hydrogens is 362 g/mol. The van der Waals surface area contributed by atoms with E-state index in [-0.39, 0.29) is 94.2 Å². The van der Waals surface area contributed by atoms with Gasteiger partial charge in [0.2, 0.25) is 0 Å². The Labute approximate surface area is 206 Å².